The van der Waals surface area contributed by atoms with Crippen LogP contribution in [0.3, 0.4) is 0 Å². The quantitative estimate of drug-likeness (QED) is 0.379. The fourth-order valence-corrected chi connectivity index (χ4v) is 3.66. The van der Waals surface area contributed by atoms with Crippen LogP contribution in [-0.4, -0.2) is 17.9 Å². The topological polar surface area (TPSA) is 33.2 Å². The van der Waals surface area contributed by atoms with Crippen LogP contribution in [0.4, 0.5) is 18.9 Å². The summed E-state index contributed by atoms with van der Waals surface area (Å²) in [4.78, 5) is 19.0. The van der Waals surface area contributed by atoms with Crippen molar-refractivity contribution in [2.45, 2.75) is 13.1 Å². The van der Waals surface area contributed by atoms with Crippen LogP contribution in [0.5, 0.6) is 0 Å². The van der Waals surface area contributed by atoms with Crippen LogP contribution in [-0.2, 0) is 6.18 Å². The molecule has 1 amide bonds. The Morgan fingerprint density at radius 3 is 2.32 bits per heavy atom. The molecule has 0 radical (unpaired) electrons. The minimum Gasteiger partial charge on any atom is -0.311 e. The summed E-state index contributed by atoms with van der Waals surface area (Å²) in [6.45, 7) is 1.92. The van der Waals surface area contributed by atoms with Crippen LogP contribution < -0.4 is 4.90 Å². The lowest BCUT2D eigenvalue weighted by Gasteiger charge is -2.21. The number of nitrogens with zero attached hydrogens (tertiary/aromatic N) is 2. The van der Waals surface area contributed by atoms with E-state index in [2.05, 4.69) is 4.98 Å². The van der Waals surface area contributed by atoms with Crippen molar-refractivity contribution in [2.24, 2.45) is 0 Å². The fraction of sp³-hybridized carbons (Fsp3) is 0.120. The summed E-state index contributed by atoms with van der Waals surface area (Å²) in [7, 11) is 1.64. The zero-order valence-electron chi connectivity index (χ0n) is 16.9. The summed E-state index contributed by atoms with van der Waals surface area (Å²) >= 11 is 0. The first-order valence-electron chi connectivity index (χ1n) is 9.66. The number of anilines is 1. The van der Waals surface area contributed by atoms with E-state index in [1.807, 2.05) is 37.3 Å². The normalized spacial score (nSPS) is 11.5. The van der Waals surface area contributed by atoms with E-state index >= 15 is 0 Å². The summed E-state index contributed by atoms with van der Waals surface area (Å²) in [6.07, 6.45) is -3.31. The monoisotopic (exact) mass is 420 g/mol. The van der Waals surface area contributed by atoms with Crippen molar-refractivity contribution in [2.75, 3.05) is 11.9 Å². The van der Waals surface area contributed by atoms with Gasteiger partial charge >= 0.3 is 6.18 Å². The molecule has 0 aliphatic heterocycles. The van der Waals surface area contributed by atoms with Crippen LogP contribution in [0.25, 0.3) is 22.0 Å². The van der Waals surface area contributed by atoms with Gasteiger partial charge in [0.2, 0.25) is 0 Å². The van der Waals surface area contributed by atoms with Crippen LogP contribution in [0.2, 0.25) is 0 Å². The summed E-state index contributed by atoms with van der Waals surface area (Å²) in [5.41, 5.74) is 2.00. The average Bonchev–Trinajstić information content (AvgIpc) is 2.76. The summed E-state index contributed by atoms with van der Waals surface area (Å²) < 4.78 is 40.7. The molecular formula is C25H19F3N2O. The maximum absolute atomic E-state index is 13.6. The maximum Gasteiger partial charge on any atom is 0.418 e. The molecule has 0 aliphatic rings. The predicted octanol–water partition coefficient (Wildman–Crippen LogP) is 6.51. The molecule has 0 unspecified atom stereocenters. The lowest BCUT2D eigenvalue weighted by Crippen LogP contribution is -2.27. The number of hydrogen-bond donors (Lipinski definition) is 0. The van der Waals surface area contributed by atoms with Gasteiger partial charge < -0.3 is 4.90 Å². The Kier molecular flexibility index (Phi) is 5.23. The average molecular weight is 420 g/mol. The first-order chi connectivity index (χ1) is 14.8. The highest BCUT2D eigenvalue weighted by molar-refractivity contribution is 6.14. The van der Waals surface area contributed by atoms with Crippen molar-refractivity contribution in [1.82, 2.24) is 4.98 Å². The van der Waals surface area contributed by atoms with E-state index < -0.39 is 11.7 Å². The third-order valence-electron chi connectivity index (χ3n) is 5.19. The molecule has 0 aliphatic carbocycles. The number of alkyl halides is 3. The Balaban J connectivity index is 1.96. The van der Waals surface area contributed by atoms with Gasteiger partial charge in [-0.25, -0.2) is 0 Å². The number of aromatic nitrogens is 1. The van der Waals surface area contributed by atoms with E-state index in [4.69, 9.17) is 0 Å². The SMILES string of the molecule is Cc1cccc(N(C)C(=O)c2cnc3c(C(F)(F)F)cccc3c2-c2ccccc2)c1. The van der Waals surface area contributed by atoms with Crippen LogP contribution in [0.15, 0.2) is 79.0 Å². The summed E-state index contributed by atoms with van der Waals surface area (Å²) in [5.74, 6) is -0.351. The van der Waals surface area contributed by atoms with E-state index in [9.17, 15) is 18.0 Å². The van der Waals surface area contributed by atoms with Gasteiger partial charge in [0.15, 0.2) is 0 Å². The summed E-state index contributed by atoms with van der Waals surface area (Å²) in [6, 6.07) is 20.3. The van der Waals surface area contributed by atoms with Crippen molar-refractivity contribution in [3.8, 4) is 11.1 Å². The predicted molar refractivity (Wildman–Crippen MR) is 116 cm³/mol. The van der Waals surface area contributed by atoms with Crippen LogP contribution in [0.1, 0.15) is 21.5 Å². The number of halogens is 3. The molecule has 6 heteroatoms. The Labute approximate surface area is 177 Å². The number of amides is 1. The number of hydrogen-bond acceptors (Lipinski definition) is 2. The van der Waals surface area contributed by atoms with Crippen molar-refractivity contribution in [3.05, 3.63) is 95.7 Å². The highest BCUT2D eigenvalue weighted by Crippen LogP contribution is 2.38. The van der Waals surface area contributed by atoms with Crippen LogP contribution >= 0.6 is 0 Å². The van der Waals surface area contributed by atoms with Gasteiger partial charge in [-0.2, -0.15) is 13.2 Å². The number of aryl methyl sites for hydroxylation is 1. The van der Waals surface area contributed by atoms with Crippen molar-refractivity contribution in [1.29, 1.82) is 0 Å². The second-order valence-electron chi connectivity index (χ2n) is 7.32. The van der Waals surface area contributed by atoms with E-state index in [0.717, 1.165) is 11.6 Å². The number of benzene rings is 3. The number of fused-ring (bicyclic) bond motifs is 1. The lowest BCUT2D eigenvalue weighted by atomic mass is 9.94. The van der Waals surface area contributed by atoms with Crippen molar-refractivity contribution < 1.29 is 18.0 Å². The highest BCUT2D eigenvalue weighted by atomic mass is 19.4. The van der Waals surface area contributed by atoms with E-state index in [-0.39, 0.29) is 22.4 Å². The molecule has 1 aromatic heterocycles. The molecule has 0 fully saturated rings. The van der Waals surface area contributed by atoms with Crippen LogP contribution in [0, 0.1) is 6.92 Å². The third-order valence-corrected chi connectivity index (χ3v) is 5.19. The van der Waals surface area contributed by atoms with Gasteiger partial charge in [-0.15, -0.1) is 0 Å². The number of para-hydroxylation sites is 1. The van der Waals surface area contributed by atoms with Crippen molar-refractivity contribution in [3.63, 3.8) is 0 Å². The van der Waals surface area contributed by atoms with Gasteiger partial charge in [-0.05, 0) is 36.2 Å². The maximum atomic E-state index is 13.6. The molecule has 0 saturated carbocycles. The molecular weight excluding hydrogens is 401 g/mol. The number of carbonyl (C=O) groups is 1. The Morgan fingerprint density at radius 1 is 0.935 bits per heavy atom. The van der Waals surface area contributed by atoms with E-state index in [1.165, 1.54) is 17.2 Å². The second kappa shape index (κ2) is 7.87. The number of rotatable bonds is 3. The van der Waals surface area contributed by atoms with E-state index in [0.29, 0.717) is 16.8 Å². The lowest BCUT2D eigenvalue weighted by molar-refractivity contribution is -0.136. The number of carbonyl (C=O) groups excluding carboxylic acids is 1. The Morgan fingerprint density at radius 2 is 1.65 bits per heavy atom. The first-order valence-corrected chi connectivity index (χ1v) is 9.66. The first kappa shape index (κ1) is 20.6. The molecule has 0 spiro atoms. The van der Waals surface area contributed by atoms with Gasteiger partial charge in [-0.1, -0.05) is 54.6 Å². The minimum atomic E-state index is -4.55. The Hall–Kier alpha value is -3.67. The zero-order chi connectivity index (χ0) is 22.2. The molecule has 31 heavy (non-hydrogen) atoms. The summed E-state index contributed by atoms with van der Waals surface area (Å²) in [5, 5.41) is 0.282. The molecule has 4 aromatic rings. The number of pyridine rings is 1. The fourth-order valence-electron chi connectivity index (χ4n) is 3.66. The molecule has 0 saturated heterocycles. The molecule has 0 bridgehead atoms. The van der Waals surface area contributed by atoms with Gasteiger partial charge in [0.25, 0.3) is 5.91 Å². The Bertz CT molecular complexity index is 1270. The van der Waals surface area contributed by atoms with Gasteiger partial charge in [0, 0.05) is 29.9 Å². The second-order valence-corrected chi connectivity index (χ2v) is 7.32. The molecule has 1 heterocycles. The zero-order valence-corrected chi connectivity index (χ0v) is 16.9. The van der Waals surface area contributed by atoms with Gasteiger partial charge in [-0.3, -0.25) is 9.78 Å². The van der Waals surface area contributed by atoms with Gasteiger partial charge in [0.1, 0.15) is 0 Å². The standard InChI is InChI=1S/C25H19F3N2O/c1-16-8-6-11-18(14-16)30(2)24(31)20-15-29-23-19(12-7-13-21(23)25(26,27)28)22(20)17-9-4-3-5-10-17/h3-15H,1-2H3. The molecule has 3 aromatic carbocycles. The smallest absolute Gasteiger partial charge is 0.311 e. The minimum absolute atomic E-state index is 0.177. The van der Waals surface area contributed by atoms with Gasteiger partial charge in [0.05, 0.1) is 16.6 Å². The molecule has 3 nitrogen and oxygen atoms in total. The molecule has 0 atom stereocenters. The third kappa shape index (κ3) is 3.89. The highest BCUT2D eigenvalue weighted by Gasteiger charge is 2.34. The molecule has 0 N–H and O–H groups in total. The van der Waals surface area contributed by atoms with Crippen molar-refractivity contribution >= 4 is 22.5 Å². The molecule has 4 rings (SSSR count). The molecule has 156 valence electrons. The van der Waals surface area contributed by atoms with E-state index in [1.54, 1.807) is 37.4 Å². The largest absolute Gasteiger partial charge is 0.418 e.